The van der Waals surface area contributed by atoms with Crippen molar-refractivity contribution in [3.05, 3.63) is 22.4 Å². The molecule has 0 bridgehead atoms. The number of hydrogen-bond acceptors (Lipinski definition) is 5. The van der Waals surface area contributed by atoms with Gasteiger partial charge in [-0.05, 0) is 11.4 Å². The Morgan fingerprint density at radius 2 is 2.21 bits per heavy atom. The molecule has 0 fully saturated rings. The van der Waals surface area contributed by atoms with Gasteiger partial charge in [0.05, 0.1) is 7.11 Å². The van der Waals surface area contributed by atoms with Gasteiger partial charge in [0.2, 0.25) is 0 Å². The van der Waals surface area contributed by atoms with Gasteiger partial charge in [-0.3, -0.25) is 4.79 Å². The predicted molar refractivity (Wildman–Crippen MR) is 53.9 cm³/mol. The van der Waals surface area contributed by atoms with Gasteiger partial charge in [0.25, 0.3) is 0 Å². The Labute approximate surface area is 86.4 Å². The van der Waals surface area contributed by atoms with E-state index >= 15 is 0 Å². The van der Waals surface area contributed by atoms with Gasteiger partial charge in [0, 0.05) is 11.1 Å². The van der Waals surface area contributed by atoms with Crippen molar-refractivity contribution < 1.29 is 17.9 Å². The number of ether oxygens (including phenoxy) is 1. The van der Waals surface area contributed by atoms with Crippen molar-refractivity contribution in [2.75, 3.05) is 13.4 Å². The van der Waals surface area contributed by atoms with Crippen LogP contribution in [0.1, 0.15) is 10.1 Å². The molecular formula is C8H10O4S2. The van der Waals surface area contributed by atoms with Crippen LogP contribution in [0.25, 0.3) is 0 Å². The van der Waals surface area contributed by atoms with Crippen LogP contribution in [0.15, 0.2) is 17.5 Å². The summed E-state index contributed by atoms with van der Waals surface area (Å²) in [6.07, 6.45) is 1.02. The van der Waals surface area contributed by atoms with Gasteiger partial charge in [-0.25, -0.2) is 8.42 Å². The number of sulfone groups is 1. The Hall–Kier alpha value is -0.880. The molecule has 0 N–H and O–H groups in total. The summed E-state index contributed by atoms with van der Waals surface area (Å²) >= 11 is 1.22. The van der Waals surface area contributed by atoms with Crippen LogP contribution >= 0.6 is 11.3 Å². The number of methoxy groups -OCH3 is 1. The van der Waals surface area contributed by atoms with Crippen molar-refractivity contribution >= 4 is 27.1 Å². The van der Waals surface area contributed by atoms with Crippen LogP contribution in [0, 0.1) is 0 Å². The minimum absolute atomic E-state index is 0.486. The number of carbonyl (C=O) groups is 1. The predicted octanol–water partition coefficient (Wildman–Crippen LogP) is 1.01. The molecule has 0 saturated carbocycles. The van der Waals surface area contributed by atoms with Gasteiger partial charge in [-0.2, -0.15) is 0 Å². The SMILES string of the molecule is COC(=O)C(c1cccs1)S(C)(=O)=O. The summed E-state index contributed by atoms with van der Waals surface area (Å²) < 4.78 is 27.1. The standard InChI is InChI=1S/C8H10O4S2/c1-12-8(9)7(14(2,10)11)6-4-3-5-13-6/h3-5,7H,1-2H3. The van der Waals surface area contributed by atoms with Gasteiger partial charge in [0.15, 0.2) is 15.1 Å². The second-order valence-corrected chi connectivity index (χ2v) is 5.86. The van der Waals surface area contributed by atoms with Crippen molar-refractivity contribution in [1.29, 1.82) is 0 Å². The molecule has 0 aliphatic carbocycles. The van der Waals surface area contributed by atoms with E-state index in [9.17, 15) is 13.2 Å². The van der Waals surface area contributed by atoms with E-state index in [2.05, 4.69) is 4.74 Å². The molecule has 1 atom stereocenters. The molecule has 0 aliphatic rings. The van der Waals surface area contributed by atoms with E-state index in [0.717, 1.165) is 6.26 Å². The van der Waals surface area contributed by atoms with Gasteiger partial charge in [0.1, 0.15) is 0 Å². The highest BCUT2D eigenvalue weighted by molar-refractivity contribution is 7.91. The molecular weight excluding hydrogens is 224 g/mol. The quantitative estimate of drug-likeness (QED) is 0.732. The van der Waals surface area contributed by atoms with E-state index in [-0.39, 0.29) is 0 Å². The summed E-state index contributed by atoms with van der Waals surface area (Å²) in [5.41, 5.74) is 0. The molecule has 1 rings (SSSR count). The molecule has 6 heteroatoms. The summed E-state index contributed by atoms with van der Waals surface area (Å²) in [5, 5.41) is 0.531. The molecule has 1 heterocycles. The monoisotopic (exact) mass is 234 g/mol. The van der Waals surface area contributed by atoms with E-state index in [1.165, 1.54) is 18.4 Å². The largest absolute Gasteiger partial charge is 0.468 e. The minimum Gasteiger partial charge on any atom is -0.468 e. The van der Waals surface area contributed by atoms with Crippen LogP contribution in [0.5, 0.6) is 0 Å². The molecule has 14 heavy (non-hydrogen) atoms. The van der Waals surface area contributed by atoms with Gasteiger partial charge in [-0.1, -0.05) is 6.07 Å². The number of esters is 1. The molecule has 0 radical (unpaired) electrons. The van der Waals surface area contributed by atoms with Crippen LogP contribution in [-0.2, 0) is 19.4 Å². The summed E-state index contributed by atoms with van der Waals surface area (Å²) in [4.78, 5) is 11.7. The van der Waals surface area contributed by atoms with Crippen LogP contribution < -0.4 is 0 Å². The highest BCUT2D eigenvalue weighted by atomic mass is 32.2. The normalized spacial score (nSPS) is 13.6. The lowest BCUT2D eigenvalue weighted by Crippen LogP contribution is -2.21. The maximum atomic E-state index is 11.3. The number of hydrogen-bond donors (Lipinski definition) is 0. The molecule has 4 nitrogen and oxygen atoms in total. The van der Waals surface area contributed by atoms with Gasteiger partial charge < -0.3 is 4.74 Å². The maximum Gasteiger partial charge on any atom is 0.329 e. The highest BCUT2D eigenvalue weighted by Gasteiger charge is 2.32. The van der Waals surface area contributed by atoms with Crippen LogP contribution in [-0.4, -0.2) is 27.8 Å². The zero-order valence-electron chi connectivity index (χ0n) is 7.76. The molecule has 0 saturated heterocycles. The van der Waals surface area contributed by atoms with E-state index in [1.807, 2.05) is 0 Å². The first-order chi connectivity index (χ1) is 6.46. The average Bonchev–Trinajstić information content (AvgIpc) is 2.54. The van der Waals surface area contributed by atoms with Crippen molar-refractivity contribution in [2.24, 2.45) is 0 Å². The molecule has 1 aromatic rings. The van der Waals surface area contributed by atoms with Crippen molar-refractivity contribution in [3.63, 3.8) is 0 Å². The first-order valence-corrected chi connectivity index (χ1v) is 6.60. The Morgan fingerprint density at radius 3 is 2.57 bits per heavy atom. The van der Waals surface area contributed by atoms with Gasteiger partial charge >= 0.3 is 5.97 Å². The lowest BCUT2D eigenvalue weighted by Gasteiger charge is -2.10. The fourth-order valence-electron chi connectivity index (χ4n) is 1.05. The zero-order valence-corrected chi connectivity index (χ0v) is 9.39. The van der Waals surface area contributed by atoms with E-state index in [1.54, 1.807) is 17.5 Å². The Bertz CT molecular complexity index is 405. The fourth-order valence-corrected chi connectivity index (χ4v) is 3.38. The first-order valence-electron chi connectivity index (χ1n) is 3.77. The van der Waals surface area contributed by atoms with Crippen molar-refractivity contribution in [3.8, 4) is 0 Å². The van der Waals surface area contributed by atoms with Crippen LogP contribution in [0.3, 0.4) is 0 Å². The molecule has 0 aliphatic heterocycles. The molecule has 1 unspecified atom stereocenters. The van der Waals surface area contributed by atoms with E-state index in [0.29, 0.717) is 4.88 Å². The molecule has 0 aromatic carbocycles. The minimum atomic E-state index is -3.46. The number of rotatable bonds is 3. The molecule has 0 spiro atoms. The lowest BCUT2D eigenvalue weighted by molar-refractivity contribution is -0.140. The summed E-state index contributed by atoms with van der Waals surface area (Å²) in [6, 6.07) is 3.30. The van der Waals surface area contributed by atoms with E-state index in [4.69, 9.17) is 0 Å². The topological polar surface area (TPSA) is 60.4 Å². The Balaban J connectivity index is 3.14. The summed E-state index contributed by atoms with van der Waals surface area (Å²) in [7, 11) is -2.29. The van der Waals surface area contributed by atoms with Crippen molar-refractivity contribution in [2.45, 2.75) is 5.25 Å². The third kappa shape index (κ3) is 2.33. The Morgan fingerprint density at radius 1 is 1.57 bits per heavy atom. The van der Waals surface area contributed by atoms with Gasteiger partial charge in [-0.15, -0.1) is 11.3 Å². The van der Waals surface area contributed by atoms with Crippen molar-refractivity contribution in [1.82, 2.24) is 0 Å². The van der Waals surface area contributed by atoms with E-state index < -0.39 is 21.1 Å². The summed E-state index contributed by atoms with van der Waals surface area (Å²) in [5.74, 6) is -0.741. The number of thiophene rings is 1. The Kier molecular flexibility index (Phi) is 3.28. The highest BCUT2D eigenvalue weighted by Crippen LogP contribution is 2.26. The van der Waals surface area contributed by atoms with Crippen LogP contribution in [0.4, 0.5) is 0 Å². The van der Waals surface area contributed by atoms with Crippen LogP contribution in [0.2, 0.25) is 0 Å². The first kappa shape index (κ1) is 11.2. The smallest absolute Gasteiger partial charge is 0.329 e. The average molecular weight is 234 g/mol. The summed E-state index contributed by atoms with van der Waals surface area (Å²) in [6.45, 7) is 0. The molecule has 1 aromatic heterocycles. The number of carbonyl (C=O) groups excluding carboxylic acids is 1. The molecule has 78 valence electrons. The fraction of sp³-hybridized carbons (Fsp3) is 0.375. The second kappa shape index (κ2) is 4.10. The zero-order chi connectivity index (χ0) is 10.8. The second-order valence-electron chi connectivity index (χ2n) is 2.75. The third-order valence-electron chi connectivity index (χ3n) is 1.65. The third-order valence-corrected chi connectivity index (χ3v) is 4.03. The molecule has 0 amide bonds. The maximum absolute atomic E-state index is 11.3. The lowest BCUT2D eigenvalue weighted by atomic mass is 10.3.